The molecule has 1 aromatic heterocycles. The van der Waals surface area contributed by atoms with Gasteiger partial charge in [0.25, 0.3) is 5.91 Å². The molecule has 26 heavy (non-hydrogen) atoms. The van der Waals surface area contributed by atoms with Gasteiger partial charge in [0.1, 0.15) is 0 Å². The Hall–Kier alpha value is -2.81. The zero-order chi connectivity index (χ0) is 19.1. The minimum Gasteiger partial charge on any atom is -0.490 e. The summed E-state index contributed by atoms with van der Waals surface area (Å²) in [6.45, 7) is 4.00. The number of anilines is 1. The van der Waals surface area contributed by atoms with Crippen LogP contribution in [-0.4, -0.2) is 28.7 Å². The SMILES string of the molecule is COc1ccc(C(=O)Nc2nc3c(s2)C(=O)CC(C)(C)C3)cc1[N+](=O)[O-]. The van der Waals surface area contributed by atoms with Gasteiger partial charge in [-0.15, -0.1) is 0 Å². The molecule has 0 saturated heterocycles. The summed E-state index contributed by atoms with van der Waals surface area (Å²) < 4.78 is 4.92. The fourth-order valence-corrected chi connectivity index (χ4v) is 3.83. The quantitative estimate of drug-likeness (QED) is 0.647. The van der Waals surface area contributed by atoms with Gasteiger partial charge < -0.3 is 4.74 Å². The number of nitro benzene ring substituents is 1. The van der Waals surface area contributed by atoms with E-state index in [0.29, 0.717) is 28.5 Å². The Bertz CT molecular complexity index is 919. The molecule has 1 aliphatic carbocycles. The summed E-state index contributed by atoms with van der Waals surface area (Å²) in [6, 6.07) is 3.95. The third-order valence-corrected chi connectivity index (χ3v) is 5.15. The first-order chi connectivity index (χ1) is 12.2. The first-order valence-corrected chi connectivity index (χ1v) is 8.68. The normalized spacial score (nSPS) is 15.3. The van der Waals surface area contributed by atoms with Gasteiger partial charge in [0.2, 0.25) is 0 Å². The minimum atomic E-state index is -0.613. The van der Waals surface area contributed by atoms with E-state index in [9.17, 15) is 19.7 Å². The van der Waals surface area contributed by atoms with Crippen molar-refractivity contribution < 1.29 is 19.2 Å². The van der Waals surface area contributed by atoms with E-state index in [-0.39, 0.29) is 28.2 Å². The van der Waals surface area contributed by atoms with Gasteiger partial charge in [-0.05, 0) is 24.0 Å². The summed E-state index contributed by atoms with van der Waals surface area (Å²) in [7, 11) is 1.32. The lowest BCUT2D eigenvalue weighted by atomic mass is 9.78. The van der Waals surface area contributed by atoms with Gasteiger partial charge >= 0.3 is 5.69 Å². The number of benzene rings is 1. The highest BCUT2D eigenvalue weighted by molar-refractivity contribution is 7.17. The zero-order valence-electron chi connectivity index (χ0n) is 14.5. The number of thiazole rings is 1. The summed E-state index contributed by atoms with van der Waals surface area (Å²) in [5.74, 6) is -0.438. The number of aromatic nitrogens is 1. The third-order valence-electron chi connectivity index (χ3n) is 4.09. The molecule has 0 radical (unpaired) electrons. The van der Waals surface area contributed by atoms with Crippen LogP contribution in [0.2, 0.25) is 0 Å². The van der Waals surface area contributed by atoms with Crippen LogP contribution < -0.4 is 10.1 Å². The van der Waals surface area contributed by atoms with Crippen LogP contribution >= 0.6 is 11.3 Å². The van der Waals surface area contributed by atoms with Gasteiger partial charge in [-0.3, -0.25) is 25.0 Å². The third kappa shape index (κ3) is 3.43. The molecule has 0 spiro atoms. The van der Waals surface area contributed by atoms with Gasteiger partial charge in [-0.2, -0.15) is 0 Å². The number of hydrogen-bond acceptors (Lipinski definition) is 7. The Morgan fingerprint density at radius 1 is 1.38 bits per heavy atom. The van der Waals surface area contributed by atoms with Crippen LogP contribution in [0.4, 0.5) is 10.8 Å². The lowest BCUT2D eigenvalue weighted by Crippen LogP contribution is -2.26. The first kappa shape index (κ1) is 18.0. The predicted molar refractivity (Wildman–Crippen MR) is 96.1 cm³/mol. The maximum Gasteiger partial charge on any atom is 0.311 e. The second kappa shape index (κ2) is 6.49. The van der Waals surface area contributed by atoms with E-state index in [1.165, 1.54) is 19.2 Å². The number of carbonyl (C=O) groups is 2. The number of nitrogens with zero attached hydrogens (tertiary/aromatic N) is 2. The van der Waals surface area contributed by atoms with E-state index in [1.54, 1.807) is 0 Å². The molecule has 0 atom stereocenters. The molecule has 1 aromatic carbocycles. The molecule has 0 aliphatic heterocycles. The van der Waals surface area contributed by atoms with Crippen LogP contribution in [-0.2, 0) is 6.42 Å². The number of ketones is 1. The molecular weight excluding hydrogens is 358 g/mol. The van der Waals surface area contributed by atoms with Crippen LogP contribution in [0.5, 0.6) is 5.75 Å². The Labute approximate surface area is 153 Å². The van der Waals surface area contributed by atoms with Crippen LogP contribution in [0.1, 0.15) is 46.0 Å². The fourth-order valence-electron chi connectivity index (χ4n) is 2.92. The predicted octanol–water partition coefficient (Wildman–Crippen LogP) is 3.47. The van der Waals surface area contributed by atoms with Crippen molar-refractivity contribution in [1.82, 2.24) is 4.98 Å². The number of carbonyl (C=O) groups excluding carboxylic acids is 2. The second-order valence-corrected chi connectivity index (χ2v) is 7.83. The number of ether oxygens (including phenoxy) is 1. The zero-order valence-corrected chi connectivity index (χ0v) is 15.3. The van der Waals surface area contributed by atoms with Crippen molar-refractivity contribution in [3.63, 3.8) is 0 Å². The Morgan fingerprint density at radius 3 is 2.77 bits per heavy atom. The molecule has 8 nitrogen and oxygen atoms in total. The van der Waals surface area contributed by atoms with E-state index < -0.39 is 10.8 Å². The van der Waals surface area contributed by atoms with E-state index in [1.807, 2.05) is 13.8 Å². The van der Waals surface area contributed by atoms with Crippen molar-refractivity contribution in [3.05, 3.63) is 44.4 Å². The number of rotatable bonds is 4. The molecule has 0 unspecified atom stereocenters. The average molecular weight is 375 g/mol. The molecule has 1 aliphatic rings. The number of hydrogen-bond donors (Lipinski definition) is 1. The maximum absolute atomic E-state index is 12.4. The van der Waals surface area contributed by atoms with Crippen molar-refractivity contribution in [2.24, 2.45) is 5.41 Å². The highest BCUT2D eigenvalue weighted by Gasteiger charge is 2.34. The minimum absolute atomic E-state index is 0.0225. The topological polar surface area (TPSA) is 111 Å². The number of amides is 1. The van der Waals surface area contributed by atoms with E-state index in [2.05, 4.69) is 10.3 Å². The molecule has 136 valence electrons. The molecule has 0 fully saturated rings. The van der Waals surface area contributed by atoms with E-state index in [0.717, 1.165) is 17.4 Å². The number of methoxy groups -OCH3 is 1. The van der Waals surface area contributed by atoms with Crippen molar-refractivity contribution >= 4 is 33.8 Å². The van der Waals surface area contributed by atoms with E-state index in [4.69, 9.17) is 4.74 Å². The highest BCUT2D eigenvalue weighted by Crippen LogP contribution is 2.38. The summed E-state index contributed by atoms with van der Waals surface area (Å²) in [5.41, 5.74) is 0.343. The van der Waals surface area contributed by atoms with E-state index >= 15 is 0 Å². The van der Waals surface area contributed by atoms with Crippen molar-refractivity contribution in [1.29, 1.82) is 0 Å². The molecule has 0 saturated carbocycles. The molecule has 1 amide bonds. The summed E-state index contributed by atoms with van der Waals surface area (Å²) in [5, 5.41) is 14.0. The number of nitrogens with one attached hydrogen (secondary N) is 1. The number of nitro groups is 1. The van der Waals surface area contributed by atoms with Gasteiger partial charge in [0.15, 0.2) is 16.7 Å². The van der Waals surface area contributed by atoms with Crippen molar-refractivity contribution in [3.8, 4) is 5.75 Å². The largest absolute Gasteiger partial charge is 0.490 e. The highest BCUT2D eigenvalue weighted by atomic mass is 32.1. The number of Topliss-reactive ketones (excluding diaryl/α,β-unsaturated/α-hetero) is 1. The summed E-state index contributed by atoms with van der Waals surface area (Å²) in [4.78, 5) is 40.1. The van der Waals surface area contributed by atoms with Gasteiger partial charge in [-0.1, -0.05) is 25.2 Å². The lowest BCUT2D eigenvalue weighted by Gasteiger charge is -2.26. The molecule has 0 bridgehead atoms. The Morgan fingerprint density at radius 2 is 2.12 bits per heavy atom. The second-order valence-electron chi connectivity index (χ2n) is 6.83. The Kier molecular flexibility index (Phi) is 4.49. The molecule has 9 heteroatoms. The van der Waals surface area contributed by atoms with Crippen LogP contribution in [0.15, 0.2) is 18.2 Å². The van der Waals surface area contributed by atoms with Crippen molar-refractivity contribution in [2.75, 3.05) is 12.4 Å². The first-order valence-electron chi connectivity index (χ1n) is 7.87. The lowest BCUT2D eigenvalue weighted by molar-refractivity contribution is -0.385. The van der Waals surface area contributed by atoms with Crippen molar-refractivity contribution in [2.45, 2.75) is 26.7 Å². The standard InChI is InChI=1S/C17H17N3O5S/c1-17(2)7-10-14(12(21)8-17)26-16(18-10)19-15(22)9-4-5-13(25-3)11(6-9)20(23)24/h4-6H,7-8H2,1-3H3,(H,18,19,22). The average Bonchev–Trinajstić information content (AvgIpc) is 2.95. The number of fused-ring (bicyclic) bond motifs is 1. The summed E-state index contributed by atoms with van der Waals surface area (Å²) >= 11 is 1.13. The van der Waals surface area contributed by atoms with Crippen LogP contribution in [0.25, 0.3) is 0 Å². The van der Waals surface area contributed by atoms with Crippen LogP contribution in [0.3, 0.4) is 0 Å². The smallest absolute Gasteiger partial charge is 0.311 e. The maximum atomic E-state index is 12.4. The van der Waals surface area contributed by atoms with Gasteiger partial charge in [0.05, 0.1) is 22.6 Å². The molecule has 1 N–H and O–H groups in total. The molecule has 3 rings (SSSR count). The van der Waals surface area contributed by atoms with Gasteiger partial charge in [-0.25, -0.2) is 4.98 Å². The monoisotopic (exact) mass is 375 g/mol. The Balaban J connectivity index is 1.85. The molecule has 1 heterocycles. The van der Waals surface area contributed by atoms with Crippen LogP contribution in [0, 0.1) is 15.5 Å². The summed E-state index contributed by atoms with van der Waals surface area (Å²) in [6.07, 6.45) is 1.11. The molecule has 2 aromatic rings. The van der Waals surface area contributed by atoms with Gasteiger partial charge in [0, 0.05) is 18.1 Å². The molecular formula is C17H17N3O5S. The fraction of sp³-hybridized carbons (Fsp3) is 0.353.